The topological polar surface area (TPSA) is 96.0 Å². The normalized spacial score (nSPS) is 15.2. The van der Waals surface area contributed by atoms with Crippen molar-refractivity contribution in [1.29, 1.82) is 0 Å². The lowest BCUT2D eigenvalue weighted by atomic mass is 10.1. The maximum Gasteiger partial charge on any atom is 0.263 e. The molecule has 3 aromatic carbocycles. The highest BCUT2D eigenvalue weighted by Crippen LogP contribution is 2.33. The Morgan fingerprint density at radius 1 is 1.00 bits per heavy atom. The summed E-state index contributed by atoms with van der Waals surface area (Å²) in [6, 6.07) is 21.6. The molecule has 3 aromatic rings. The van der Waals surface area contributed by atoms with Gasteiger partial charge in [0.25, 0.3) is 5.91 Å². The van der Waals surface area contributed by atoms with Crippen molar-refractivity contribution in [3.05, 3.63) is 95.8 Å². The molecule has 0 bridgehead atoms. The number of amides is 2. The number of benzene rings is 3. The van der Waals surface area contributed by atoms with Gasteiger partial charge in [-0.05, 0) is 35.4 Å². The zero-order valence-corrected chi connectivity index (χ0v) is 20.4. The van der Waals surface area contributed by atoms with Crippen molar-refractivity contribution in [1.82, 2.24) is 9.62 Å². The molecule has 10 heteroatoms. The molecule has 4 rings (SSSR count). The molecule has 1 unspecified atom stereocenters. The quantitative estimate of drug-likeness (QED) is 0.502. The zero-order valence-electron chi connectivity index (χ0n) is 19.6. The molecule has 0 fully saturated rings. The number of hydrogen-bond donors (Lipinski definition) is 1. The summed E-state index contributed by atoms with van der Waals surface area (Å²) in [7, 11) is -3.77. The highest BCUT2D eigenvalue weighted by Gasteiger charge is 2.35. The largest absolute Gasteiger partial charge is 0.477 e. The van der Waals surface area contributed by atoms with E-state index in [0.717, 1.165) is 16.1 Å². The second-order valence-electron chi connectivity index (χ2n) is 8.44. The highest BCUT2D eigenvalue weighted by atomic mass is 32.2. The molecular weight excluding hydrogens is 485 g/mol. The Morgan fingerprint density at radius 3 is 2.36 bits per heavy atom. The van der Waals surface area contributed by atoms with Crippen LogP contribution in [0.25, 0.3) is 0 Å². The van der Waals surface area contributed by atoms with Gasteiger partial charge in [0.05, 0.1) is 25.0 Å². The number of halogens is 1. The summed E-state index contributed by atoms with van der Waals surface area (Å²) in [5.41, 5.74) is 1.90. The van der Waals surface area contributed by atoms with E-state index >= 15 is 0 Å². The molecule has 1 atom stereocenters. The molecular formula is C26H26FN3O5S. The fourth-order valence-electron chi connectivity index (χ4n) is 3.83. The lowest BCUT2D eigenvalue weighted by Gasteiger charge is -2.35. The van der Waals surface area contributed by atoms with Gasteiger partial charge in [-0.2, -0.15) is 4.31 Å². The monoisotopic (exact) mass is 511 g/mol. The summed E-state index contributed by atoms with van der Waals surface area (Å²) in [5.74, 6) is -1.000. The van der Waals surface area contributed by atoms with Crippen molar-refractivity contribution in [2.75, 3.05) is 24.2 Å². The lowest BCUT2D eigenvalue weighted by molar-refractivity contribution is -0.128. The van der Waals surface area contributed by atoms with Crippen LogP contribution in [0.3, 0.4) is 0 Å². The van der Waals surface area contributed by atoms with Crippen LogP contribution in [0.15, 0.2) is 78.9 Å². The minimum Gasteiger partial charge on any atom is -0.477 e. The van der Waals surface area contributed by atoms with E-state index < -0.39 is 40.3 Å². The molecule has 0 radical (unpaired) electrons. The van der Waals surface area contributed by atoms with Crippen molar-refractivity contribution in [2.45, 2.75) is 19.2 Å². The lowest BCUT2D eigenvalue weighted by Crippen LogP contribution is -2.52. The van der Waals surface area contributed by atoms with Gasteiger partial charge in [0.15, 0.2) is 6.10 Å². The van der Waals surface area contributed by atoms with E-state index in [1.54, 1.807) is 24.3 Å². The fourth-order valence-corrected chi connectivity index (χ4v) is 4.55. The van der Waals surface area contributed by atoms with Crippen molar-refractivity contribution >= 4 is 27.5 Å². The van der Waals surface area contributed by atoms with Crippen LogP contribution in [0.1, 0.15) is 11.1 Å². The van der Waals surface area contributed by atoms with Crippen LogP contribution in [0.4, 0.5) is 10.1 Å². The van der Waals surface area contributed by atoms with Crippen LogP contribution in [0, 0.1) is 5.82 Å². The van der Waals surface area contributed by atoms with E-state index in [9.17, 15) is 22.4 Å². The molecule has 1 aliphatic rings. The minimum atomic E-state index is -3.77. The zero-order chi connectivity index (χ0) is 25.7. The van der Waals surface area contributed by atoms with Crippen molar-refractivity contribution in [3.63, 3.8) is 0 Å². The maximum atomic E-state index is 13.4. The Morgan fingerprint density at radius 2 is 1.67 bits per heavy atom. The number of fused-ring (bicyclic) bond motifs is 1. The van der Waals surface area contributed by atoms with Gasteiger partial charge in [-0.3, -0.25) is 9.59 Å². The number of rotatable bonds is 8. The predicted molar refractivity (Wildman–Crippen MR) is 133 cm³/mol. The van der Waals surface area contributed by atoms with E-state index in [2.05, 4.69) is 5.32 Å². The molecule has 188 valence electrons. The van der Waals surface area contributed by atoms with Crippen LogP contribution >= 0.6 is 0 Å². The van der Waals surface area contributed by atoms with Crippen LogP contribution in [-0.4, -0.2) is 50.0 Å². The van der Waals surface area contributed by atoms with Crippen molar-refractivity contribution < 1.29 is 27.1 Å². The molecule has 2 amide bonds. The number of carbonyl (C=O) groups is 2. The number of nitrogens with zero attached hydrogens (tertiary/aromatic N) is 2. The number of carbonyl (C=O) groups excluding carboxylic acids is 2. The average Bonchev–Trinajstić information content (AvgIpc) is 2.87. The fraction of sp³-hybridized carbons (Fsp3) is 0.231. The minimum absolute atomic E-state index is 0.0788. The second-order valence-corrected chi connectivity index (χ2v) is 10.4. The first-order valence-corrected chi connectivity index (χ1v) is 13.1. The Labute approximate surface area is 209 Å². The van der Waals surface area contributed by atoms with Gasteiger partial charge in [-0.1, -0.05) is 54.6 Å². The third-order valence-corrected chi connectivity index (χ3v) is 6.93. The third kappa shape index (κ3) is 6.27. The van der Waals surface area contributed by atoms with Gasteiger partial charge < -0.3 is 15.0 Å². The molecule has 1 aliphatic heterocycles. The standard InChI is InChI=1S/C26H26FN3O5S/c1-36(33,34)29(16-20-11-13-21(27)14-12-20)18-25(31)30-17-24(35-23-10-6-5-9-22(23)30)26(32)28-15-19-7-3-2-4-8-19/h2-14,24H,15-18H2,1H3,(H,28,32). The number of sulfonamides is 1. The number of nitrogens with one attached hydrogen (secondary N) is 1. The van der Waals surface area contributed by atoms with Gasteiger partial charge in [0.1, 0.15) is 11.6 Å². The van der Waals surface area contributed by atoms with Gasteiger partial charge in [-0.15, -0.1) is 0 Å². The van der Waals surface area contributed by atoms with Crippen LogP contribution in [0.2, 0.25) is 0 Å². The first kappa shape index (κ1) is 25.3. The van der Waals surface area contributed by atoms with E-state index in [0.29, 0.717) is 23.5 Å². The van der Waals surface area contributed by atoms with Crippen LogP contribution in [0.5, 0.6) is 5.75 Å². The SMILES string of the molecule is CS(=O)(=O)N(CC(=O)N1CC(C(=O)NCc2ccccc2)Oc2ccccc21)Cc1ccc(F)cc1. The molecule has 0 aliphatic carbocycles. The van der Waals surface area contributed by atoms with E-state index in [-0.39, 0.29) is 13.1 Å². The highest BCUT2D eigenvalue weighted by molar-refractivity contribution is 7.88. The summed E-state index contributed by atoms with van der Waals surface area (Å²) < 4.78 is 45.1. The van der Waals surface area contributed by atoms with Crippen LogP contribution in [-0.2, 0) is 32.7 Å². The predicted octanol–water partition coefficient (Wildman–Crippen LogP) is 2.70. The van der Waals surface area contributed by atoms with Crippen LogP contribution < -0.4 is 15.0 Å². The molecule has 0 saturated carbocycles. The molecule has 8 nitrogen and oxygen atoms in total. The molecule has 0 saturated heterocycles. The van der Waals surface area contributed by atoms with E-state index in [1.807, 2.05) is 30.3 Å². The summed E-state index contributed by atoms with van der Waals surface area (Å²) in [6.07, 6.45) is 0.0352. The third-order valence-electron chi connectivity index (χ3n) is 5.73. The second kappa shape index (κ2) is 10.9. The number of hydrogen-bond acceptors (Lipinski definition) is 5. The van der Waals surface area contributed by atoms with Gasteiger partial charge in [-0.25, -0.2) is 12.8 Å². The van der Waals surface area contributed by atoms with Crippen molar-refractivity contribution in [3.8, 4) is 5.75 Å². The van der Waals surface area contributed by atoms with Gasteiger partial charge in [0.2, 0.25) is 15.9 Å². The summed E-state index contributed by atoms with van der Waals surface area (Å²) in [4.78, 5) is 27.6. The Bertz CT molecular complexity index is 1330. The molecule has 0 spiro atoms. The van der Waals surface area contributed by atoms with E-state index in [4.69, 9.17) is 4.74 Å². The smallest absolute Gasteiger partial charge is 0.263 e. The van der Waals surface area contributed by atoms with Crippen molar-refractivity contribution in [2.24, 2.45) is 0 Å². The van der Waals surface area contributed by atoms with Gasteiger partial charge >= 0.3 is 0 Å². The Kier molecular flexibility index (Phi) is 7.66. The molecule has 0 aromatic heterocycles. The molecule has 36 heavy (non-hydrogen) atoms. The number of para-hydroxylation sites is 2. The van der Waals surface area contributed by atoms with Gasteiger partial charge in [0, 0.05) is 13.1 Å². The Balaban J connectivity index is 1.51. The maximum absolute atomic E-state index is 13.4. The summed E-state index contributed by atoms with van der Waals surface area (Å²) in [5, 5.41) is 2.82. The summed E-state index contributed by atoms with van der Waals surface area (Å²) in [6.45, 7) is -0.333. The average molecular weight is 512 g/mol. The number of anilines is 1. The summed E-state index contributed by atoms with van der Waals surface area (Å²) >= 11 is 0. The first-order valence-electron chi connectivity index (χ1n) is 11.3. The Hall–Kier alpha value is -3.76. The number of ether oxygens (including phenoxy) is 1. The van der Waals surface area contributed by atoms with E-state index in [1.165, 1.54) is 29.2 Å². The molecule has 1 heterocycles. The first-order chi connectivity index (χ1) is 17.2. The molecule has 1 N–H and O–H groups in total.